The Balaban J connectivity index is 2.16. The molecule has 2 aliphatic rings. The minimum Gasteiger partial charge on any atom is -0.481 e. The number of amides is 1. The van der Waals surface area contributed by atoms with E-state index in [4.69, 9.17) is 5.11 Å². The van der Waals surface area contributed by atoms with Gasteiger partial charge in [-0.3, -0.25) is 9.59 Å². The Labute approximate surface area is 100 Å². The summed E-state index contributed by atoms with van der Waals surface area (Å²) in [7, 11) is 0. The van der Waals surface area contributed by atoms with Crippen molar-refractivity contribution in [3.05, 3.63) is 0 Å². The van der Waals surface area contributed by atoms with Crippen molar-refractivity contribution >= 4 is 11.9 Å². The Bertz CT molecular complexity index is 337. The Morgan fingerprint density at radius 3 is 2.41 bits per heavy atom. The highest BCUT2D eigenvalue weighted by Crippen LogP contribution is 2.36. The molecule has 0 bridgehead atoms. The molecule has 1 amide bonds. The zero-order valence-corrected chi connectivity index (χ0v) is 10.1. The van der Waals surface area contributed by atoms with Crippen molar-refractivity contribution in [1.82, 2.24) is 4.90 Å². The third kappa shape index (κ3) is 1.92. The van der Waals surface area contributed by atoms with E-state index in [9.17, 15) is 14.7 Å². The summed E-state index contributed by atoms with van der Waals surface area (Å²) >= 11 is 0. The molecule has 1 heterocycles. The number of carbonyl (C=O) groups excluding carboxylic acids is 1. The summed E-state index contributed by atoms with van der Waals surface area (Å²) < 4.78 is 0. The lowest BCUT2D eigenvalue weighted by molar-refractivity contribution is -0.154. The molecule has 0 aromatic heterocycles. The SMILES string of the molecule is CC1(C(=O)O)CN(C2CCCCC2)C(=O)C1O. The van der Waals surface area contributed by atoms with E-state index in [2.05, 4.69) is 0 Å². The van der Waals surface area contributed by atoms with Gasteiger partial charge in [-0.2, -0.15) is 0 Å². The fourth-order valence-electron chi connectivity index (χ4n) is 2.83. The summed E-state index contributed by atoms with van der Waals surface area (Å²) in [6.07, 6.45) is 3.78. The van der Waals surface area contributed by atoms with E-state index in [0.29, 0.717) is 0 Å². The maximum atomic E-state index is 11.9. The average molecular weight is 241 g/mol. The summed E-state index contributed by atoms with van der Waals surface area (Å²) in [6, 6.07) is 0.118. The molecule has 5 heteroatoms. The first kappa shape index (κ1) is 12.4. The molecule has 1 saturated heterocycles. The van der Waals surface area contributed by atoms with E-state index in [-0.39, 0.29) is 12.6 Å². The van der Waals surface area contributed by atoms with Crippen molar-refractivity contribution in [3.63, 3.8) is 0 Å². The predicted octanol–water partition coefficient (Wildman–Crippen LogP) is 0.613. The molecule has 2 fully saturated rings. The van der Waals surface area contributed by atoms with Crippen molar-refractivity contribution in [2.24, 2.45) is 5.41 Å². The largest absolute Gasteiger partial charge is 0.481 e. The molecule has 96 valence electrons. The number of hydrogen-bond acceptors (Lipinski definition) is 3. The van der Waals surface area contributed by atoms with Gasteiger partial charge in [0.25, 0.3) is 5.91 Å². The molecular weight excluding hydrogens is 222 g/mol. The molecule has 1 aliphatic heterocycles. The van der Waals surface area contributed by atoms with Gasteiger partial charge in [0.15, 0.2) is 6.10 Å². The van der Waals surface area contributed by atoms with Gasteiger partial charge in [-0.1, -0.05) is 19.3 Å². The lowest BCUT2D eigenvalue weighted by atomic mass is 9.87. The summed E-state index contributed by atoms with van der Waals surface area (Å²) in [6.45, 7) is 1.58. The van der Waals surface area contributed by atoms with E-state index in [1.165, 1.54) is 13.3 Å². The van der Waals surface area contributed by atoms with E-state index >= 15 is 0 Å². The molecule has 0 aromatic carbocycles. The van der Waals surface area contributed by atoms with E-state index in [1.54, 1.807) is 4.90 Å². The number of carboxylic acids is 1. The minimum atomic E-state index is -1.40. The second-order valence-corrected chi connectivity index (χ2v) is 5.38. The van der Waals surface area contributed by atoms with Crippen LogP contribution in [0.25, 0.3) is 0 Å². The van der Waals surface area contributed by atoms with Gasteiger partial charge < -0.3 is 15.1 Å². The number of aliphatic hydroxyl groups is 1. The van der Waals surface area contributed by atoms with Gasteiger partial charge >= 0.3 is 5.97 Å². The van der Waals surface area contributed by atoms with Crippen molar-refractivity contribution in [1.29, 1.82) is 0 Å². The third-order valence-electron chi connectivity index (χ3n) is 4.12. The highest BCUT2D eigenvalue weighted by atomic mass is 16.4. The summed E-state index contributed by atoms with van der Waals surface area (Å²) in [4.78, 5) is 24.7. The van der Waals surface area contributed by atoms with Gasteiger partial charge in [0.1, 0.15) is 5.41 Å². The van der Waals surface area contributed by atoms with Crippen LogP contribution in [0.2, 0.25) is 0 Å². The normalized spacial score (nSPS) is 35.3. The van der Waals surface area contributed by atoms with Gasteiger partial charge in [0.2, 0.25) is 0 Å². The lowest BCUT2D eigenvalue weighted by Crippen LogP contribution is -2.40. The first-order valence-electron chi connectivity index (χ1n) is 6.19. The standard InChI is InChI=1S/C12H19NO4/c1-12(11(16)17)7-13(10(15)9(12)14)8-5-3-2-4-6-8/h8-9,14H,2-7H2,1H3,(H,16,17). The Hall–Kier alpha value is -1.10. The van der Waals surface area contributed by atoms with Crippen LogP contribution in [0.5, 0.6) is 0 Å². The van der Waals surface area contributed by atoms with Crippen LogP contribution in [0.4, 0.5) is 0 Å². The molecule has 0 spiro atoms. The van der Waals surface area contributed by atoms with Crippen LogP contribution in [-0.4, -0.2) is 45.7 Å². The molecule has 2 atom stereocenters. The fraction of sp³-hybridized carbons (Fsp3) is 0.833. The predicted molar refractivity (Wildman–Crippen MR) is 60.3 cm³/mol. The zero-order chi connectivity index (χ0) is 12.6. The fourth-order valence-corrected chi connectivity index (χ4v) is 2.83. The maximum absolute atomic E-state index is 11.9. The number of aliphatic hydroxyl groups excluding tert-OH is 1. The molecule has 2 rings (SSSR count). The van der Waals surface area contributed by atoms with E-state index in [0.717, 1.165) is 25.7 Å². The van der Waals surface area contributed by atoms with E-state index in [1.807, 2.05) is 0 Å². The van der Waals surface area contributed by atoms with E-state index < -0.39 is 23.4 Å². The minimum absolute atomic E-state index is 0.118. The molecule has 1 aliphatic carbocycles. The Morgan fingerprint density at radius 1 is 1.35 bits per heavy atom. The first-order chi connectivity index (χ1) is 7.97. The molecule has 0 aromatic rings. The van der Waals surface area contributed by atoms with Crippen LogP contribution in [0, 0.1) is 5.41 Å². The lowest BCUT2D eigenvalue weighted by Gasteiger charge is -2.31. The number of carbonyl (C=O) groups is 2. The van der Waals surface area contributed by atoms with Gasteiger partial charge in [-0.15, -0.1) is 0 Å². The number of aliphatic carboxylic acids is 1. The van der Waals surface area contributed by atoms with Crippen LogP contribution in [0.15, 0.2) is 0 Å². The zero-order valence-electron chi connectivity index (χ0n) is 10.1. The van der Waals surface area contributed by atoms with Crippen LogP contribution in [0.3, 0.4) is 0 Å². The Kier molecular flexibility index (Phi) is 3.12. The Morgan fingerprint density at radius 2 is 1.94 bits per heavy atom. The molecule has 2 unspecified atom stereocenters. The van der Waals surface area contributed by atoms with Gasteiger partial charge in [-0.05, 0) is 19.8 Å². The third-order valence-corrected chi connectivity index (χ3v) is 4.12. The highest BCUT2D eigenvalue weighted by molar-refractivity contribution is 5.92. The summed E-state index contributed by atoms with van der Waals surface area (Å²) in [5.74, 6) is -1.52. The van der Waals surface area contributed by atoms with Crippen molar-refractivity contribution in [3.8, 4) is 0 Å². The van der Waals surface area contributed by atoms with Crippen molar-refractivity contribution in [2.45, 2.75) is 51.2 Å². The first-order valence-corrected chi connectivity index (χ1v) is 6.19. The molecule has 5 nitrogen and oxygen atoms in total. The number of hydrogen-bond donors (Lipinski definition) is 2. The molecule has 0 radical (unpaired) electrons. The van der Waals surface area contributed by atoms with Crippen LogP contribution >= 0.6 is 0 Å². The van der Waals surface area contributed by atoms with Gasteiger partial charge in [0.05, 0.1) is 0 Å². The van der Waals surface area contributed by atoms with Crippen LogP contribution < -0.4 is 0 Å². The monoisotopic (exact) mass is 241 g/mol. The highest BCUT2D eigenvalue weighted by Gasteiger charge is 2.55. The van der Waals surface area contributed by atoms with Crippen molar-refractivity contribution < 1.29 is 19.8 Å². The van der Waals surface area contributed by atoms with Gasteiger partial charge in [-0.25, -0.2) is 0 Å². The molecular formula is C12H19NO4. The summed E-state index contributed by atoms with van der Waals surface area (Å²) in [5.41, 5.74) is -1.35. The maximum Gasteiger partial charge on any atom is 0.314 e. The number of nitrogens with zero attached hydrogens (tertiary/aromatic N) is 1. The molecule has 17 heavy (non-hydrogen) atoms. The second kappa shape index (κ2) is 4.29. The average Bonchev–Trinajstić information content (AvgIpc) is 2.56. The molecule has 2 N–H and O–H groups in total. The quantitative estimate of drug-likeness (QED) is 0.742. The number of rotatable bonds is 2. The van der Waals surface area contributed by atoms with Crippen molar-refractivity contribution in [2.75, 3.05) is 6.54 Å². The number of carboxylic acid groups (broad SMARTS) is 1. The van der Waals surface area contributed by atoms with Crippen LogP contribution in [-0.2, 0) is 9.59 Å². The second-order valence-electron chi connectivity index (χ2n) is 5.38. The summed E-state index contributed by atoms with van der Waals surface area (Å²) in [5, 5.41) is 19.0. The van der Waals surface area contributed by atoms with Gasteiger partial charge in [0, 0.05) is 12.6 Å². The number of likely N-dealkylation sites (tertiary alicyclic amines) is 1. The smallest absolute Gasteiger partial charge is 0.314 e. The topological polar surface area (TPSA) is 77.8 Å². The molecule has 1 saturated carbocycles. The van der Waals surface area contributed by atoms with Crippen LogP contribution in [0.1, 0.15) is 39.0 Å².